The smallest absolute Gasteiger partial charge is 0.303 e. The van der Waals surface area contributed by atoms with Crippen LogP contribution in [0.4, 0.5) is 0 Å². The molecule has 1 aliphatic rings. The van der Waals surface area contributed by atoms with Crippen LogP contribution in [0.2, 0.25) is 0 Å². The van der Waals surface area contributed by atoms with Crippen molar-refractivity contribution >= 4 is 23.7 Å². The van der Waals surface area contributed by atoms with Gasteiger partial charge in [0.1, 0.15) is 0 Å². The summed E-state index contributed by atoms with van der Waals surface area (Å²) in [5.41, 5.74) is 0.874. The Labute approximate surface area is 177 Å². The summed E-state index contributed by atoms with van der Waals surface area (Å²) in [6, 6.07) is 6.79. The zero-order valence-corrected chi connectivity index (χ0v) is 17.5. The fourth-order valence-corrected chi connectivity index (χ4v) is 3.62. The lowest BCUT2D eigenvalue weighted by atomic mass is 10.1. The summed E-state index contributed by atoms with van der Waals surface area (Å²) in [6.07, 6.45) is 9.21. The highest BCUT2D eigenvalue weighted by atomic mass is 16.4. The van der Waals surface area contributed by atoms with E-state index in [0.717, 1.165) is 51.4 Å². The number of benzene rings is 1. The monoisotopic (exact) mass is 416 g/mol. The molecule has 2 rings (SSSR count). The Morgan fingerprint density at radius 2 is 1.30 bits per heavy atom. The highest BCUT2D eigenvalue weighted by molar-refractivity contribution is 6.21. The van der Waals surface area contributed by atoms with E-state index in [1.54, 1.807) is 24.3 Å². The van der Waals surface area contributed by atoms with Crippen molar-refractivity contribution in [1.82, 2.24) is 10.2 Å². The van der Waals surface area contributed by atoms with Crippen LogP contribution in [-0.2, 0) is 9.59 Å². The highest BCUT2D eigenvalue weighted by Crippen LogP contribution is 2.22. The minimum Gasteiger partial charge on any atom is -0.481 e. The number of unbranched alkanes of at least 4 members (excludes halogenated alkanes) is 7. The number of nitrogens with zero attached hydrogens (tertiary/aromatic N) is 1. The van der Waals surface area contributed by atoms with E-state index in [9.17, 15) is 19.2 Å². The Hall–Kier alpha value is -2.70. The lowest BCUT2D eigenvalue weighted by Gasteiger charge is -2.13. The van der Waals surface area contributed by atoms with Gasteiger partial charge in [-0.25, -0.2) is 0 Å². The second kappa shape index (κ2) is 12.8. The van der Waals surface area contributed by atoms with Crippen LogP contribution in [-0.4, -0.2) is 46.8 Å². The number of aliphatic carboxylic acids is 1. The molecule has 0 radical (unpaired) electrons. The van der Waals surface area contributed by atoms with Gasteiger partial charge in [0.05, 0.1) is 11.1 Å². The Kier molecular flexibility index (Phi) is 10.0. The third-order valence-corrected chi connectivity index (χ3v) is 5.30. The molecule has 1 aromatic rings. The number of nitrogens with one attached hydrogen (secondary N) is 1. The number of hydrogen-bond donors (Lipinski definition) is 2. The number of amides is 3. The van der Waals surface area contributed by atoms with Gasteiger partial charge in [-0.2, -0.15) is 0 Å². The Morgan fingerprint density at radius 3 is 1.87 bits per heavy atom. The summed E-state index contributed by atoms with van der Waals surface area (Å²) >= 11 is 0. The molecule has 7 nitrogen and oxygen atoms in total. The van der Waals surface area contributed by atoms with Gasteiger partial charge in [0.15, 0.2) is 0 Å². The number of carbonyl (C=O) groups excluding carboxylic acids is 3. The zero-order valence-electron chi connectivity index (χ0n) is 17.5. The number of rotatable bonds is 15. The maximum Gasteiger partial charge on any atom is 0.303 e. The van der Waals surface area contributed by atoms with Gasteiger partial charge in [-0.3, -0.25) is 24.1 Å². The molecule has 0 unspecified atom stereocenters. The summed E-state index contributed by atoms with van der Waals surface area (Å²) < 4.78 is 0. The Balaban J connectivity index is 1.45. The largest absolute Gasteiger partial charge is 0.481 e. The number of fused-ring (bicyclic) bond motifs is 1. The number of carbonyl (C=O) groups is 4. The third kappa shape index (κ3) is 7.61. The molecule has 1 aliphatic heterocycles. The molecule has 7 heteroatoms. The summed E-state index contributed by atoms with van der Waals surface area (Å²) in [4.78, 5) is 48.1. The van der Waals surface area contributed by atoms with Crippen LogP contribution in [0.25, 0.3) is 0 Å². The average molecular weight is 417 g/mol. The van der Waals surface area contributed by atoms with E-state index in [1.165, 1.54) is 4.90 Å². The zero-order chi connectivity index (χ0) is 21.8. The van der Waals surface area contributed by atoms with Crippen molar-refractivity contribution in [1.29, 1.82) is 0 Å². The predicted octanol–water partition coefficient (Wildman–Crippen LogP) is 3.77. The van der Waals surface area contributed by atoms with Crippen molar-refractivity contribution in [3.63, 3.8) is 0 Å². The fraction of sp³-hybridized carbons (Fsp3) is 0.565. The lowest BCUT2D eigenvalue weighted by molar-refractivity contribution is -0.137. The van der Waals surface area contributed by atoms with E-state index in [2.05, 4.69) is 5.32 Å². The number of carboxylic acids is 1. The molecule has 3 amide bonds. The van der Waals surface area contributed by atoms with E-state index in [0.29, 0.717) is 30.5 Å². The van der Waals surface area contributed by atoms with Gasteiger partial charge in [0, 0.05) is 25.9 Å². The van der Waals surface area contributed by atoms with Crippen LogP contribution in [0, 0.1) is 0 Å². The first kappa shape index (κ1) is 23.6. The van der Waals surface area contributed by atoms with Gasteiger partial charge in [-0.05, 0) is 31.4 Å². The van der Waals surface area contributed by atoms with Crippen LogP contribution in [0.5, 0.6) is 0 Å². The highest BCUT2D eigenvalue weighted by Gasteiger charge is 2.34. The van der Waals surface area contributed by atoms with Gasteiger partial charge >= 0.3 is 5.97 Å². The minimum atomic E-state index is -0.722. The molecule has 0 bridgehead atoms. The molecule has 30 heavy (non-hydrogen) atoms. The fourth-order valence-electron chi connectivity index (χ4n) is 3.62. The Morgan fingerprint density at radius 1 is 0.767 bits per heavy atom. The van der Waals surface area contributed by atoms with Gasteiger partial charge in [-0.15, -0.1) is 0 Å². The van der Waals surface area contributed by atoms with Crippen molar-refractivity contribution in [3.8, 4) is 0 Å². The molecule has 2 N–H and O–H groups in total. The second-order valence-electron chi connectivity index (χ2n) is 7.73. The van der Waals surface area contributed by atoms with Gasteiger partial charge in [-0.1, -0.05) is 50.7 Å². The standard InChI is InChI=1S/C23H32N2O5/c26-20(24-16-10-6-4-2-1-3-5-7-15-21(27)28)14-11-17-25-22(29)18-12-8-9-13-19(18)23(25)30/h8-9,12-13H,1-7,10-11,14-17H2,(H,24,26)(H,27,28). The molecule has 0 atom stereocenters. The van der Waals surface area contributed by atoms with Gasteiger partial charge in [0.2, 0.25) is 5.91 Å². The van der Waals surface area contributed by atoms with E-state index < -0.39 is 5.97 Å². The molecule has 1 aromatic carbocycles. The first-order valence-corrected chi connectivity index (χ1v) is 10.9. The van der Waals surface area contributed by atoms with Crippen LogP contribution in [0.15, 0.2) is 24.3 Å². The van der Waals surface area contributed by atoms with E-state index >= 15 is 0 Å². The summed E-state index contributed by atoms with van der Waals surface area (Å²) in [5, 5.41) is 11.5. The van der Waals surface area contributed by atoms with Crippen LogP contribution >= 0.6 is 0 Å². The normalized spacial score (nSPS) is 12.9. The van der Waals surface area contributed by atoms with Gasteiger partial charge in [0.25, 0.3) is 11.8 Å². The topological polar surface area (TPSA) is 104 Å². The molecule has 0 saturated carbocycles. The number of hydrogen-bond acceptors (Lipinski definition) is 4. The van der Waals surface area contributed by atoms with Crippen molar-refractivity contribution in [2.75, 3.05) is 13.1 Å². The van der Waals surface area contributed by atoms with Crippen LogP contribution in [0.1, 0.15) is 91.3 Å². The third-order valence-electron chi connectivity index (χ3n) is 5.30. The minimum absolute atomic E-state index is 0.0509. The quantitative estimate of drug-likeness (QED) is 0.335. The number of carboxylic acid groups (broad SMARTS) is 1. The molecular weight excluding hydrogens is 384 g/mol. The molecule has 0 fully saturated rings. The first-order chi connectivity index (χ1) is 14.5. The van der Waals surface area contributed by atoms with Gasteiger partial charge < -0.3 is 10.4 Å². The summed E-state index contributed by atoms with van der Waals surface area (Å²) in [6.45, 7) is 0.899. The summed E-state index contributed by atoms with van der Waals surface area (Å²) in [7, 11) is 0. The van der Waals surface area contributed by atoms with Crippen LogP contribution in [0.3, 0.4) is 0 Å². The Bertz CT molecular complexity index is 712. The number of imide groups is 1. The molecule has 1 heterocycles. The lowest BCUT2D eigenvalue weighted by Crippen LogP contribution is -2.32. The first-order valence-electron chi connectivity index (χ1n) is 10.9. The average Bonchev–Trinajstić information content (AvgIpc) is 2.97. The van der Waals surface area contributed by atoms with Crippen molar-refractivity contribution < 1.29 is 24.3 Å². The van der Waals surface area contributed by atoms with Crippen LogP contribution < -0.4 is 5.32 Å². The van der Waals surface area contributed by atoms with E-state index in [4.69, 9.17) is 5.11 Å². The van der Waals surface area contributed by atoms with Crippen molar-refractivity contribution in [2.45, 2.75) is 70.6 Å². The summed E-state index contributed by atoms with van der Waals surface area (Å²) in [5.74, 6) is -1.33. The maximum absolute atomic E-state index is 12.3. The SMILES string of the molecule is O=C(O)CCCCCCCCCCNC(=O)CCCN1C(=O)c2ccccc2C1=O. The van der Waals surface area contributed by atoms with E-state index in [-0.39, 0.29) is 30.7 Å². The molecule has 0 aromatic heterocycles. The predicted molar refractivity (Wildman–Crippen MR) is 113 cm³/mol. The molecular formula is C23H32N2O5. The van der Waals surface area contributed by atoms with Crippen molar-refractivity contribution in [3.05, 3.63) is 35.4 Å². The second-order valence-corrected chi connectivity index (χ2v) is 7.73. The van der Waals surface area contributed by atoms with Crippen molar-refractivity contribution in [2.24, 2.45) is 0 Å². The van der Waals surface area contributed by atoms with E-state index in [1.807, 2.05) is 0 Å². The molecule has 164 valence electrons. The molecule has 0 aliphatic carbocycles. The molecule has 0 spiro atoms. The maximum atomic E-state index is 12.3. The molecule has 0 saturated heterocycles.